The van der Waals surface area contributed by atoms with Crippen LogP contribution in [0.5, 0.6) is 0 Å². The van der Waals surface area contributed by atoms with Crippen LogP contribution in [0, 0.1) is 0 Å². The third kappa shape index (κ3) is 2.22. The van der Waals surface area contributed by atoms with E-state index in [1.54, 1.807) is 6.92 Å². The van der Waals surface area contributed by atoms with Gasteiger partial charge < -0.3 is 5.11 Å². The van der Waals surface area contributed by atoms with E-state index >= 15 is 0 Å². The summed E-state index contributed by atoms with van der Waals surface area (Å²) in [6.45, 7) is 7.41. The van der Waals surface area contributed by atoms with Gasteiger partial charge in [-0.3, -0.25) is 4.79 Å². The zero-order valence-electron chi connectivity index (χ0n) is 8.45. The van der Waals surface area contributed by atoms with Gasteiger partial charge in [-0.05, 0) is 25.0 Å². The molecular formula is C12H14O2. The maximum Gasteiger partial charge on any atom is 0.310 e. The van der Waals surface area contributed by atoms with Crippen molar-refractivity contribution in [3.05, 3.63) is 42.0 Å². The van der Waals surface area contributed by atoms with Crippen LogP contribution in [-0.2, 0) is 4.79 Å². The van der Waals surface area contributed by atoms with Crippen LogP contribution in [0.25, 0.3) is 5.57 Å². The van der Waals surface area contributed by atoms with E-state index in [2.05, 4.69) is 6.58 Å². The molecule has 0 radical (unpaired) electrons. The Morgan fingerprint density at radius 2 is 2.14 bits per heavy atom. The smallest absolute Gasteiger partial charge is 0.310 e. The second kappa shape index (κ2) is 4.09. The molecule has 0 heterocycles. The third-order valence-corrected chi connectivity index (χ3v) is 2.25. The summed E-state index contributed by atoms with van der Waals surface area (Å²) in [7, 11) is 0. The number of rotatable bonds is 3. The lowest BCUT2D eigenvalue weighted by Gasteiger charge is -2.08. The second-order valence-corrected chi connectivity index (χ2v) is 3.47. The van der Waals surface area contributed by atoms with Gasteiger partial charge in [-0.2, -0.15) is 0 Å². The first-order valence-corrected chi connectivity index (χ1v) is 4.51. The summed E-state index contributed by atoms with van der Waals surface area (Å²) < 4.78 is 0. The Hall–Kier alpha value is -1.57. The number of carbonyl (C=O) groups is 1. The van der Waals surface area contributed by atoms with Gasteiger partial charge in [0.15, 0.2) is 0 Å². The van der Waals surface area contributed by atoms with E-state index in [1.807, 2.05) is 31.2 Å². The van der Waals surface area contributed by atoms with Crippen LogP contribution in [0.1, 0.15) is 30.9 Å². The van der Waals surface area contributed by atoms with Crippen molar-refractivity contribution >= 4 is 11.5 Å². The molecule has 0 aliphatic rings. The van der Waals surface area contributed by atoms with Crippen LogP contribution >= 0.6 is 0 Å². The first-order valence-electron chi connectivity index (χ1n) is 4.51. The van der Waals surface area contributed by atoms with Gasteiger partial charge in [0, 0.05) is 0 Å². The monoisotopic (exact) mass is 190 g/mol. The van der Waals surface area contributed by atoms with Crippen molar-refractivity contribution in [3.63, 3.8) is 0 Å². The lowest BCUT2D eigenvalue weighted by atomic mass is 9.97. The number of carboxylic acid groups (broad SMARTS) is 1. The van der Waals surface area contributed by atoms with Crippen molar-refractivity contribution in [3.8, 4) is 0 Å². The topological polar surface area (TPSA) is 37.3 Å². The summed E-state index contributed by atoms with van der Waals surface area (Å²) in [6, 6.07) is 7.49. The fraction of sp³-hybridized carbons (Fsp3) is 0.250. The van der Waals surface area contributed by atoms with Crippen LogP contribution < -0.4 is 0 Å². The molecule has 0 spiro atoms. The Morgan fingerprint density at radius 1 is 1.50 bits per heavy atom. The predicted molar refractivity (Wildman–Crippen MR) is 57.2 cm³/mol. The van der Waals surface area contributed by atoms with Gasteiger partial charge >= 0.3 is 5.97 Å². The predicted octanol–water partition coefficient (Wildman–Crippen LogP) is 2.91. The van der Waals surface area contributed by atoms with Gasteiger partial charge in [0.25, 0.3) is 0 Å². The minimum absolute atomic E-state index is 0.464. The Bertz CT molecular complexity index is 366. The van der Waals surface area contributed by atoms with Gasteiger partial charge in [0.1, 0.15) is 0 Å². The highest BCUT2D eigenvalue weighted by Crippen LogP contribution is 2.20. The highest BCUT2D eigenvalue weighted by Gasteiger charge is 2.13. The van der Waals surface area contributed by atoms with E-state index in [0.717, 1.165) is 16.7 Å². The molecular weight excluding hydrogens is 176 g/mol. The van der Waals surface area contributed by atoms with Gasteiger partial charge in [-0.25, -0.2) is 0 Å². The van der Waals surface area contributed by atoms with Crippen molar-refractivity contribution in [1.82, 2.24) is 0 Å². The standard InChI is InChI=1S/C12H14O2/c1-8(2)10-5-4-6-11(7-10)9(3)12(13)14/h4-7,9H,1H2,2-3H3,(H,13,14). The molecule has 2 heteroatoms. The largest absolute Gasteiger partial charge is 0.481 e. The van der Waals surface area contributed by atoms with E-state index < -0.39 is 11.9 Å². The van der Waals surface area contributed by atoms with E-state index in [0.29, 0.717) is 0 Å². The van der Waals surface area contributed by atoms with Gasteiger partial charge in [-0.15, -0.1) is 0 Å². The van der Waals surface area contributed by atoms with Crippen molar-refractivity contribution in [2.24, 2.45) is 0 Å². The summed E-state index contributed by atoms with van der Waals surface area (Å²) in [5.74, 6) is -1.27. The van der Waals surface area contributed by atoms with Crippen LogP contribution in [-0.4, -0.2) is 11.1 Å². The van der Waals surface area contributed by atoms with Crippen LogP contribution in [0.4, 0.5) is 0 Å². The summed E-state index contributed by atoms with van der Waals surface area (Å²) in [5, 5.41) is 8.84. The summed E-state index contributed by atoms with van der Waals surface area (Å²) in [4.78, 5) is 10.8. The Morgan fingerprint density at radius 3 is 2.64 bits per heavy atom. The minimum atomic E-state index is -0.802. The Balaban J connectivity index is 3.05. The van der Waals surface area contributed by atoms with Crippen molar-refractivity contribution in [2.45, 2.75) is 19.8 Å². The van der Waals surface area contributed by atoms with E-state index in [-0.39, 0.29) is 0 Å². The average molecular weight is 190 g/mol. The third-order valence-electron chi connectivity index (χ3n) is 2.25. The molecule has 1 aromatic rings. The lowest BCUT2D eigenvalue weighted by Crippen LogP contribution is -2.07. The molecule has 0 aliphatic heterocycles. The average Bonchev–Trinajstić information content (AvgIpc) is 2.16. The highest BCUT2D eigenvalue weighted by atomic mass is 16.4. The normalized spacial score (nSPS) is 12.1. The molecule has 1 rings (SSSR count). The van der Waals surface area contributed by atoms with Gasteiger partial charge in [0.2, 0.25) is 0 Å². The molecule has 74 valence electrons. The molecule has 0 fully saturated rings. The summed E-state index contributed by atoms with van der Waals surface area (Å²) >= 11 is 0. The maximum absolute atomic E-state index is 10.8. The van der Waals surface area contributed by atoms with Crippen LogP contribution in [0.3, 0.4) is 0 Å². The number of aliphatic carboxylic acids is 1. The second-order valence-electron chi connectivity index (χ2n) is 3.47. The molecule has 1 atom stereocenters. The quantitative estimate of drug-likeness (QED) is 0.795. The van der Waals surface area contributed by atoms with Gasteiger partial charge in [0.05, 0.1) is 5.92 Å². The number of allylic oxidation sites excluding steroid dienone is 1. The molecule has 0 amide bonds. The molecule has 0 aliphatic carbocycles. The molecule has 2 nitrogen and oxygen atoms in total. The fourth-order valence-electron chi connectivity index (χ4n) is 1.22. The molecule has 1 aromatic carbocycles. The number of hydrogen-bond acceptors (Lipinski definition) is 1. The molecule has 0 bridgehead atoms. The molecule has 0 aromatic heterocycles. The van der Waals surface area contributed by atoms with E-state index in [4.69, 9.17) is 5.11 Å². The van der Waals surface area contributed by atoms with Crippen molar-refractivity contribution < 1.29 is 9.90 Å². The zero-order valence-corrected chi connectivity index (χ0v) is 8.45. The van der Waals surface area contributed by atoms with Crippen molar-refractivity contribution in [1.29, 1.82) is 0 Å². The highest BCUT2D eigenvalue weighted by molar-refractivity contribution is 5.76. The number of benzene rings is 1. The van der Waals surface area contributed by atoms with E-state index in [9.17, 15) is 4.79 Å². The summed E-state index contributed by atoms with van der Waals surface area (Å²) in [6.07, 6.45) is 0. The molecule has 0 saturated heterocycles. The number of carboxylic acids is 1. The van der Waals surface area contributed by atoms with Gasteiger partial charge in [-0.1, -0.05) is 36.4 Å². The Kier molecular flexibility index (Phi) is 3.07. The maximum atomic E-state index is 10.8. The first-order chi connectivity index (χ1) is 6.52. The van der Waals surface area contributed by atoms with E-state index in [1.165, 1.54) is 0 Å². The number of hydrogen-bond donors (Lipinski definition) is 1. The molecule has 1 unspecified atom stereocenters. The lowest BCUT2D eigenvalue weighted by molar-refractivity contribution is -0.138. The summed E-state index contributed by atoms with van der Waals surface area (Å²) in [5.41, 5.74) is 2.76. The van der Waals surface area contributed by atoms with Crippen LogP contribution in [0.2, 0.25) is 0 Å². The Labute approximate surface area is 83.9 Å². The molecule has 14 heavy (non-hydrogen) atoms. The first kappa shape index (κ1) is 10.5. The fourth-order valence-corrected chi connectivity index (χ4v) is 1.22. The van der Waals surface area contributed by atoms with Crippen molar-refractivity contribution in [2.75, 3.05) is 0 Å². The zero-order chi connectivity index (χ0) is 10.7. The SMILES string of the molecule is C=C(C)c1cccc(C(C)C(=O)O)c1. The molecule has 1 N–H and O–H groups in total. The van der Waals surface area contributed by atoms with Crippen LogP contribution in [0.15, 0.2) is 30.8 Å². The molecule has 0 saturated carbocycles. The minimum Gasteiger partial charge on any atom is -0.481 e.